The molecule has 0 aromatic heterocycles. The fourth-order valence-electron chi connectivity index (χ4n) is 3.97. The molecule has 8 heteroatoms. The topological polar surface area (TPSA) is 101 Å². The van der Waals surface area contributed by atoms with Crippen molar-refractivity contribution in [3.8, 4) is 11.5 Å². The van der Waals surface area contributed by atoms with Gasteiger partial charge in [0.05, 0.1) is 31.5 Å². The molecule has 168 valence electrons. The van der Waals surface area contributed by atoms with E-state index in [2.05, 4.69) is 0 Å². The molecule has 1 saturated heterocycles. The van der Waals surface area contributed by atoms with Crippen molar-refractivity contribution < 1.29 is 38.4 Å². The molecule has 1 fully saturated rings. The SMILES string of the molecule is COCOc1cc(C)cc(C2OCCCO2)c1C1=C(O)c2cccc(OC)c2C(=O)C1=O. The lowest BCUT2D eigenvalue weighted by atomic mass is 9.82. The maximum Gasteiger partial charge on any atom is 0.238 e. The number of carbonyl (C=O) groups excluding carboxylic acids is 2. The molecule has 1 aliphatic heterocycles. The van der Waals surface area contributed by atoms with Crippen LogP contribution < -0.4 is 9.47 Å². The van der Waals surface area contributed by atoms with Gasteiger partial charge in [0.15, 0.2) is 13.1 Å². The first-order valence-corrected chi connectivity index (χ1v) is 10.2. The molecular weight excluding hydrogens is 416 g/mol. The summed E-state index contributed by atoms with van der Waals surface area (Å²) in [6.07, 6.45) is -0.0399. The zero-order valence-corrected chi connectivity index (χ0v) is 18.1. The summed E-state index contributed by atoms with van der Waals surface area (Å²) in [5.74, 6) is -1.51. The number of ether oxygens (including phenoxy) is 5. The van der Waals surface area contributed by atoms with E-state index < -0.39 is 17.9 Å². The Bertz CT molecular complexity index is 1100. The molecule has 2 aromatic carbocycles. The summed E-state index contributed by atoms with van der Waals surface area (Å²) in [4.78, 5) is 26.4. The van der Waals surface area contributed by atoms with E-state index in [4.69, 9.17) is 23.7 Å². The van der Waals surface area contributed by atoms with E-state index in [-0.39, 0.29) is 46.3 Å². The molecule has 0 radical (unpaired) electrons. The lowest BCUT2D eigenvalue weighted by Gasteiger charge is -2.28. The lowest BCUT2D eigenvalue weighted by Crippen LogP contribution is -2.26. The van der Waals surface area contributed by atoms with Gasteiger partial charge in [0, 0.05) is 23.8 Å². The molecule has 8 nitrogen and oxygen atoms in total. The summed E-state index contributed by atoms with van der Waals surface area (Å²) in [5, 5.41) is 11.2. The van der Waals surface area contributed by atoms with Gasteiger partial charge in [-0.05, 0) is 31.0 Å². The van der Waals surface area contributed by atoms with E-state index in [9.17, 15) is 14.7 Å². The van der Waals surface area contributed by atoms with Crippen LogP contribution >= 0.6 is 0 Å². The van der Waals surface area contributed by atoms with Gasteiger partial charge in [0.2, 0.25) is 11.6 Å². The van der Waals surface area contributed by atoms with E-state index in [1.54, 1.807) is 30.3 Å². The number of rotatable bonds is 6. The Morgan fingerprint density at radius 3 is 2.47 bits per heavy atom. The standard InChI is InChI=1S/C24H24O8/c1-13-10-15(24-30-8-5-9-31-24)18(17(11-13)32-12-28-2)20-21(25)14-6-4-7-16(29-3)19(14)22(26)23(20)27/h4,6-7,10-11,24-25H,5,8-9,12H2,1-3H3. The molecule has 32 heavy (non-hydrogen) atoms. The molecule has 4 rings (SSSR count). The van der Waals surface area contributed by atoms with Crippen LogP contribution in [0.5, 0.6) is 11.5 Å². The quantitative estimate of drug-likeness (QED) is 0.537. The number of methoxy groups -OCH3 is 2. The number of hydrogen-bond acceptors (Lipinski definition) is 8. The minimum Gasteiger partial charge on any atom is -0.506 e. The molecular formula is C24H24O8. The largest absolute Gasteiger partial charge is 0.506 e. The Kier molecular flexibility index (Phi) is 6.27. The van der Waals surface area contributed by atoms with Crippen molar-refractivity contribution in [2.24, 2.45) is 0 Å². The van der Waals surface area contributed by atoms with E-state index in [0.717, 1.165) is 12.0 Å². The van der Waals surface area contributed by atoms with Crippen LogP contribution in [0.25, 0.3) is 11.3 Å². The molecule has 2 aliphatic rings. The molecule has 0 unspecified atom stereocenters. The molecule has 0 saturated carbocycles. The zero-order chi connectivity index (χ0) is 22.8. The smallest absolute Gasteiger partial charge is 0.238 e. The van der Waals surface area contributed by atoms with Gasteiger partial charge >= 0.3 is 0 Å². The number of aliphatic hydroxyl groups is 1. The Morgan fingerprint density at radius 1 is 1.03 bits per heavy atom. The molecule has 1 aliphatic carbocycles. The second-order valence-corrected chi connectivity index (χ2v) is 7.47. The molecule has 0 atom stereocenters. The van der Waals surface area contributed by atoms with E-state index in [0.29, 0.717) is 18.8 Å². The van der Waals surface area contributed by atoms with Crippen LogP contribution in [0.4, 0.5) is 0 Å². The van der Waals surface area contributed by atoms with Crippen LogP contribution in [-0.4, -0.2) is 50.9 Å². The highest BCUT2D eigenvalue weighted by Crippen LogP contribution is 2.44. The minimum absolute atomic E-state index is 0.0273. The number of hydrogen-bond donors (Lipinski definition) is 1. The second-order valence-electron chi connectivity index (χ2n) is 7.47. The van der Waals surface area contributed by atoms with Gasteiger partial charge in [0.1, 0.15) is 17.3 Å². The highest BCUT2D eigenvalue weighted by atomic mass is 16.7. The van der Waals surface area contributed by atoms with Crippen molar-refractivity contribution in [2.45, 2.75) is 19.6 Å². The first-order chi connectivity index (χ1) is 15.5. The summed E-state index contributed by atoms with van der Waals surface area (Å²) in [6, 6.07) is 8.27. The summed E-state index contributed by atoms with van der Waals surface area (Å²) < 4.78 is 27.6. The average molecular weight is 440 g/mol. The fraction of sp³-hybridized carbons (Fsp3) is 0.333. The third-order valence-electron chi connectivity index (χ3n) is 5.34. The van der Waals surface area contributed by atoms with Crippen molar-refractivity contribution in [3.63, 3.8) is 0 Å². The first kappa shape index (κ1) is 22.0. The van der Waals surface area contributed by atoms with Crippen LogP contribution in [0.3, 0.4) is 0 Å². The molecule has 2 aromatic rings. The Balaban J connectivity index is 2.00. The van der Waals surface area contributed by atoms with Gasteiger partial charge in [-0.1, -0.05) is 18.2 Å². The lowest BCUT2D eigenvalue weighted by molar-refractivity contribution is -0.183. The highest BCUT2D eigenvalue weighted by Gasteiger charge is 2.39. The average Bonchev–Trinajstić information content (AvgIpc) is 2.82. The van der Waals surface area contributed by atoms with Gasteiger partial charge in [0.25, 0.3) is 0 Å². The maximum atomic E-state index is 13.3. The Morgan fingerprint density at radius 2 is 1.78 bits per heavy atom. The maximum absolute atomic E-state index is 13.3. The van der Waals surface area contributed by atoms with Crippen molar-refractivity contribution >= 4 is 22.9 Å². The molecule has 1 N–H and O–H groups in total. The van der Waals surface area contributed by atoms with Crippen LogP contribution in [0.2, 0.25) is 0 Å². The van der Waals surface area contributed by atoms with Crippen molar-refractivity contribution in [1.29, 1.82) is 0 Å². The summed E-state index contributed by atoms with van der Waals surface area (Å²) in [5.41, 5.74) is 1.62. The monoisotopic (exact) mass is 440 g/mol. The molecule has 1 heterocycles. The summed E-state index contributed by atoms with van der Waals surface area (Å²) in [6.45, 7) is 2.72. The number of Topliss-reactive ketones (excluding diaryl/α,β-unsaturated/α-hetero) is 2. The summed E-state index contributed by atoms with van der Waals surface area (Å²) >= 11 is 0. The molecule has 0 spiro atoms. The first-order valence-electron chi connectivity index (χ1n) is 10.2. The number of ketones is 2. The van der Waals surface area contributed by atoms with Gasteiger partial charge in [-0.15, -0.1) is 0 Å². The predicted molar refractivity (Wildman–Crippen MR) is 115 cm³/mol. The number of benzene rings is 2. The van der Waals surface area contributed by atoms with Gasteiger partial charge < -0.3 is 28.8 Å². The number of aliphatic hydroxyl groups excluding tert-OH is 1. The van der Waals surface area contributed by atoms with Crippen LogP contribution in [0.1, 0.15) is 45.3 Å². The minimum atomic E-state index is -0.873. The van der Waals surface area contributed by atoms with Crippen LogP contribution in [0.15, 0.2) is 30.3 Å². The van der Waals surface area contributed by atoms with Crippen molar-refractivity contribution in [3.05, 3.63) is 58.1 Å². The van der Waals surface area contributed by atoms with Gasteiger partial charge in [-0.25, -0.2) is 0 Å². The molecule has 0 amide bonds. The van der Waals surface area contributed by atoms with E-state index in [1.165, 1.54) is 14.2 Å². The van der Waals surface area contributed by atoms with Crippen molar-refractivity contribution in [1.82, 2.24) is 0 Å². The predicted octanol–water partition coefficient (Wildman–Crippen LogP) is 3.61. The van der Waals surface area contributed by atoms with E-state index >= 15 is 0 Å². The number of fused-ring (bicyclic) bond motifs is 1. The third-order valence-corrected chi connectivity index (χ3v) is 5.34. The van der Waals surface area contributed by atoms with Gasteiger partial charge in [-0.2, -0.15) is 0 Å². The fourth-order valence-corrected chi connectivity index (χ4v) is 3.97. The second kappa shape index (κ2) is 9.12. The van der Waals surface area contributed by atoms with Crippen LogP contribution in [-0.2, 0) is 19.0 Å². The Labute approximate surface area is 185 Å². The highest BCUT2D eigenvalue weighted by molar-refractivity contribution is 6.62. The zero-order valence-electron chi connectivity index (χ0n) is 18.1. The summed E-state index contributed by atoms with van der Waals surface area (Å²) in [7, 11) is 2.87. The number of aryl methyl sites for hydroxylation is 1. The van der Waals surface area contributed by atoms with Crippen LogP contribution in [0, 0.1) is 6.92 Å². The Hall–Kier alpha value is -3.20. The normalized spacial score (nSPS) is 16.8. The number of allylic oxidation sites excluding steroid dienone is 1. The van der Waals surface area contributed by atoms with E-state index in [1.807, 2.05) is 6.92 Å². The third kappa shape index (κ3) is 3.77. The van der Waals surface area contributed by atoms with Gasteiger partial charge in [-0.3, -0.25) is 9.59 Å². The number of carbonyl (C=O) groups is 2. The van der Waals surface area contributed by atoms with Crippen molar-refractivity contribution in [2.75, 3.05) is 34.2 Å². The molecule has 0 bridgehead atoms.